The Morgan fingerprint density at radius 2 is 2.10 bits per heavy atom. The number of aryl methyl sites for hydroxylation is 1. The summed E-state index contributed by atoms with van der Waals surface area (Å²) in [5.74, 6) is -0.126. The highest BCUT2D eigenvalue weighted by Crippen LogP contribution is 2.39. The van der Waals surface area contributed by atoms with E-state index in [-0.39, 0.29) is 5.75 Å². The number of primary amides is 1. The van der Waals surface area contributed by atoms with Crippen molar-refractivity contribution < 1.29 is 13.2 Å². The number of carbonyl (C=O) groups excluding carboxylic acids is 1. The Balaban J connectivity index is 2.19. The zero-order chi connectivity index (χ0) is 14.8. The number of halogens is 1. The fourth-order valence-corrected chi connectivity index (χ4v) is 5.27. The Hall–Kier alpha value is -0.790. The fraction of sp³-hybridized carbons (Fsp3) is 0.583. The van der Waals surface area contributed by atoms with E-state index in [1.807, 2.05) is 0 Å². The second-order valence-corrected chi connectivity index (χ2v) is 8.07. The van der Waals surface area contributed by atoms with E-state index in [4.69, 9.17) is 17.3 Å². The predicted molar refractivity (Wildman–Crippen MR) is 82.2 cm³/mol. The highest BCUT2D eigenvalue weighted by molar-refractivity contribution is 7.92. The van der Waals surface area contributed by atoms with Gasteiger partial charge in [-0.2, -0.15) is 0 Å². The first kappa shape index (κ1) is 15.6. The van der Waals surface area contributed by atoms with Gasteiger partial charge in [-0.25, -0.2) is 8.42 Å². The SMILES string of the molecule is NC(=O)c1c(NS(=O)(=O)CCCCCl)sc2c1CCC2. The summed E-state index contributed by atoms with van der Waals surface area (Å²) in [6.07, 6.45) is 3.80. The smallest absolute Gasteiger partial charge is 0.252 e. The van der Waals surface area contributed by atoms with E-state index in [9.17, 15) is 13.2 Å². The normalized spacial score (nSPS) is 14.2. The van der Waals surface area contributed by atoms with Crippen LogP contribution in [0.3, 0.4) is 0 Å². The van der Waals surface area contributed by atoms with Gasteiger partial charge in [0.1, 0.15) is 5.00 Å². The first-order chi connectivity index (χ1) is 9.44. The number of nitrogens with one attached hydrogen (secondary N) is 1. The maximum atomic E-state index is 12.0. The van der Waals surface area contributed by atoms with Crippen LogP contribution in [-0.4, -0.2) is 26.0 Å². The van der Waals surface area contributed by atoms with Gasteiger partial charge in [-0.3, -0.25) is 9.52 Å². The van der Waals surface area contributed by atoms with Crippen molar-refractivity contribution in [2.45, 2.75) is 32.1 Å². The minimum atomic E-state index is -3.46. The lowest BCUT2D eigenvalue weighted by atomic mass is 10.1. The summed E-state index contributed by atoms with van der Waals surface area (Å²) in [5.41, 5.74) is 6.66. The summed E-state index contributed by atoms with van der Waals surface area (Å²) in [6, 6.07) is 0. The Bertz CT molecular complexity index is 610. The molecule has 20 heavy (non-hydrogen) atoms. The maximum absolute atomic E-state index is 12.0. The third kappa shape index (κ3) is 3.45. The molecule has 2 rings (SSSR count). The number of nitrogens with two attached hydrogens (primary N) is 1. The van der Waals surface area contributed by atoms with Crippen LogP contribution < -0.4 is 10.5 Å². The van der Waals surface area contributed by atoms with E-state index in [0.717, 1.165) is 29.7 Å². The highest BCUT2D eigenvalue weighted by atomic mass is 35.5. The van der Waals surface area contributed by atoms with Crippen molar-refractivity contribution in [3.8, 4) is 0 Å². The van der Waals surface area contributed by atoms with E-state index in [0.29, 0.717) is 29.3 Å². The number of alkyl halides is 1. The van der Waals surface area contributed by atoms with Crippen molar-refractivity contribution in [3.63, 3.8) is 0 Å². The highest BCUT2D eigenvalue weighted by Gasteiger charge is 2.27. The van der Waals surface area contributed by atoms with Crippen molar-refractivity contribution in [3.05, 3.63) is 16.0 Å². The Morgan fingerprint density at radius 1 is 1.35 bits per heavy atom. The van der Waals surface area contributed by atoms with Crippen LogP contribution in [0.15, 0.2) is 0 Å². The van der Waals surface area contributed by atoms with Crippen molar-refractivity contribution >= 4 is 43.9 Å². The lowest BCUT2D eigenvalue weighted by molar-refractivity contribution is 0.100. The molecule has 0 bridgehead atoms. The molecule has 0 unspecified atom stereocenters. The molecular formula is C12H17ClN2O3S2. The molecule has 0 aromatic carbocycles. The predicted octanol–water partition coefficient (Wildman–Crippen LogP) is 2.10. The molecule has 8 heteroatoms. The molecule has 1 heterocycles. The van der Waals surface area contributed by atoms with Gasteiger partial charge in [-0.1, -0.05) is 0 Å². The van der Waals surface area contributed by atoms with Gasteiger partial charge in [0.15, 0.2) is 0 Å². The molecule has 0 saturated carbocycles. The number of anilines is 1. The van der Waals surface area contributed by atoms with E-state index < -0.39 is 15.9 Å². The second kappa shape index (κ2) is 6.32. The average molecular weight is 337 g/mol. The van der Waals surface area contributed by atoms with Gasteiger partial charge in [-0.05, 0) is 37.7 Å². The van der Waals surface area contributed by atoms with E-state index >= 15 is 0 Å². The summed E-state index contributed by atoms with van der Waals surface area (Å²) < 4.78 is 26.5. The molecule has 0 saturated heterocycles. The van der Waals surface area contributed by atoms with Crippen LogP contribution in [0.2, 0.25) is 0 Å². The first-order valence-corrected chi connectivity index (χ1v) is 9.45. The second-order valence-electron chi connectivity index (χ2n) is 4.74. The maximum Gasteiger partial charge on any atom is 0.252 e. The standard InChI is InChI=1S/C12H17ClN2O3S2/c13-6-1-2-7-20(17,18)15-12-10(11(14)16)8-4-3-5-9(8)19-12/h15H,1-7H2,(H2,14,16). The van der Waals surface area contributed by atoms with Crippen molar-refractivity contribution in [2.75, 3.05) is 16.4 Å². The molecule has 0 atom stereocenters. The molecule has 0 fully saturated rings. The van der Waals surface area contributed by atoms with Crippen LogP contribution in [0.25, 0.3) is 0 Å². The summed E-state index contributed by atoms with van der Waals surface area (Å²) in [7, 11) is -3.46. The van der Waals surface area contributed by atoms with Gasteiger partial charge < -0.3 is 5.73 Å². The minimum absolute atomic E-state index is 0.000485. The van der Waals surface area contributed by atoms with Crippen molar-refractivity contribution in [1.29, 1.82) is 0 Å². The number of thiophene rings is 1. The molecule has 0 spiro atoms. The largest absolute Gasteiger partial charge is 0.365 e. The fourth-order valence-electron chi connectivity index (χ4n) is 2.32. The zero-order valence-electron chi connectivity index (χ0n) is 10.9. The van der Waals surface area contributed by atoms with Gasteiger partial charge in [0.05, 0.1) is 11.3 Å². The number of carbonyl (C=O) groups is 1. The number of amides is 1. The first-order valence-electron chi connectivity index (χ1n) is 6.45. The molecule has 1 amide bonds. The van der Waals surface area contributed by atoms with E-state index in [1.165, 1.54) is 11.3 Å². The van der Waals surface area contributed by atoms with E-state index in [1.54, 1.807) is 0 Å². The molecule has 1 aromatic rings. The van der Waals surface area contributed by atoms with E-state index in [2.05, 4.69) is 4.72 Å². The van der Waals surface area contributed by atoms with Gasteiger partial charge in [0.25, 0.3) is 5.91 Å². The third-order valence-electron chi connectivity index (χ3n) is 3.21. The number of hydrogen-bond donors (Lipinski definition) is 2. The molecule has 3 N–H and O–H groups in total. The summed E-state index contributed by atoms with van der Waals surface area (Å²) in [6.45, 7) is 0. The topological polar surface area (TPSA) is 89.3 Å². The summed E-state index contributed by atoms with van der Waals surface area (Å²) >= 11 is 6.86. The van der Waals surface area contributed by atoms with Crippen LogP contribution in [0.4, 0.5) is 5.00 Å². The average Bonchev–Trinajstić information content (AvgIpc) is 2.87. The number of sulfonamides is 1. The van der Waals surface area contributed by atoms with Crippen LogP contribution in [0, 0.1) is 0 Å². The van der Waals surface area contributed by atoms with Gasteiger partial charge >= 0.3 is 0 Å². The van der Waals surface area contributed by atoms with Crippen LogP contribution in [0.1, 0.15) is 40.1 Å². The molecule has 1 aliphatic carbocycles. The molecule has 112 valence electrons. The van der Waals surface area contributed by atoms with Crippen molar-refractivity contribution in [2.24, 2.45) is 5.73 Å². The van der Waals surface area contributed by atoms with Crippen molar-refractivity contribution in [1.82, 2.24) is 0 Å². The van der Waals surface area contributed by atoms with Gasteiger partial charge in [0, 0.05) is 10.8 Å². The molecule has 1 aromatic heterocycles. The summed E-state index contributed by atoms with van der Waals surface area (Å²) in [4.78, 5) is 12.6. The lowest BCUT2D eigenvalue weighted by Gasteiger charge is -2.08. The molecule has 5 nitrogen and oxygen atoms in total. The number of fused-ring (bicyclic) bond motifs is 1. The van der Waals surface area contributed by atoms with Crippen LogP contribution in [0.5, 0.6) is 0 Å². The quantitative estimate of drug-likeness (QED) is 0.590. The number of hydrogen-bond acceptors (Lipinski definition) is 4. The Labute approximate surface area is 127 Å². The lowest BCUT2D eigenvalue weighted by Crippen LogP contribution is -2.20. The number of unbranched alkanes of at least 4 members (excludes halogenated alkanes) is 1. The van der Waals surface area contributed by atoms with Crippen LogP contribution >= 0.6 is 22.9 Å². The number of rotatable bonds is 7. The molecule has 0 radical (unpaired) electrons. The molecule has 1 aliphatic rings. The monoisotopic (exact) mass is 336 g/mol. The third-order valence-corrected chi connectivity index (χ3v) is 6.16. The molecule has 0 aliphatic heterocycles. The van der Waals surface area contributed by atoms with Gasteiger partial charge in [0.2, 0.25) is 10.0 Å². The Kier molecular flexibility index (Phi) is 4.93. The summed E-state index contributed by atoms with van der Waals surface area (Å²) in [5, 5.41) is 0.369. The molecular weight excluding hydrogens is 320 g/mol. The Morgan fingerprint density at radius 3 is 2.75 bits per heavy atom. The minimum Gasteiger partial charge on any atom is -0.365 e. The van der Waals surface area contributed by atoms with Gasteiger partial charge in [-0.15, -0.1) is 22.9 Å². The zero-order valence-corrected chi connectivity index (χ0v) is 13.3. The van der Waals surface area contributed by atoms with Crippen LogP contribution in [-0.2, 0) is 22.9 Å².